The highest BCUT2D eigenvalue weighted by Gasteiger charge is 2.11. The van der Waals surface area contributed by atoms with E-state index >= 15 is 0 Å². The van der Waals surface area contributed by atoms with Crippen LogP contribution >= 0.6 is 0 Å². The molecule has 0 saturated heterocycles. The Balaban J connectivity index is 2.17. The number of nitrogens with two attached hydrogens (primary N) is 1. The van der Waals surface area contributed by atoms with Crippen LogP contribution in [0.25, 0.3) is 0 Å². The summed E-state index contributed by atoms with van der Waals surface area (Å²) in [6.45, 7) is 2.56. The Labute approximate surface area is 122 Å². The fourth-order valence-corrected chi connectivity index (χ4v) is 1.77. The summed E-state index contributed by atoms with van der Waals surface area (Å²) in [5.74, 6) is -0.441. The smallest absolute Gasteiger partial charge is 0.255 e. The summed E-state index contributed by atoms with van der Waals surface area (Å²) in [4.78, 5) is 12.1. The average Bonchev–Trinajstić information content (AvgIpc) is 2.49. The van der Waals surface area contributed by atoms with Gasteiger partial charge in [-0.3, -0.25) is 4.79 Å². The molecule has 21 heavy (non-hydrogen) atoms. The van der Waals surface area contributed by atoms with Crippen molar-refractivity contribution in [1.29, 1.82) is 0 Å². The van der Waals surface area contributed by atoms with Gasteiger partial charge in [0.05, 0.1) is 18.0 Å². The Hall–Kier alpha value is -2.56. The fraction of sp³-hybridized carbons (Fsp3) is 0.188. The molecule has 110 valence electrons. The summed E-state index contributed by atoms with van der Waals surface area (Å²) in [7, 11) is 0. The van der Waals surface area contributed by atoms with Crippen LogP contribution in [-0.2, 0) is 0 Å². The second-order valence-corrected chi connectivity index (χ2v) is 4.54. The monoisotopic (exact) mass is 288 g/mol. The van der Waals surface area contributed by atoms with Crippen molar-refractivity contribution in [1.82, 2.24) is 0 Å². The molecule has 0 aliphatic carbocycles. The zero-order valence-electron chi connectivity index (χ0n) is 11.7. The molecule has 0 aliphatic rings. The number of hydrogen-bond donors (Lipinski definition) is 2. The third kappa shape index (κ3) is 3.72. The number of benzene rings is 2. The van der Waals surface area contributed by atoms with Crippen LogP contribution in [0.15, 0.2) is 42.5 Å². The normalized spacial score (nSPS) is 10.2. The van der Waals surface area contributed by atoms with Gasteiger partial charge in [0.1, 0.15) is 11.6 Å². The molecule has 4 nitrogen and oxygen atoms in total. The van der Waals surface area contributed by atoms with Crippen molar-refractivity contribution >= 4 is 17.3 Å². The highest BCUT2D eigenvalue weighted by molar-refractivity contribution is 6.05. The lowest BCUT2D eigenvalue weighted by atomic mass is 10.2. The molecular weight excluding hydrogens is 271 g/mol. The van der Waals surface area contributed by atoms with Gasteiger partial charge in [0.25, 0.3) is 5.91 Å². The van der Waals surface area contributed by atoms with E-state index in [9.17, 15) is 9.18 Å². The zero-order valence-corrected chi connectivity index (χ0v) is 11.7. The van der Waals surface area contributed by atoms with Gasteiger partial charge in [-0.15, -0.1) is 0 Å². The van der Waals surface area contributed by atoms with E-state index in [1.54, 1.807) is 18.2 Å². The first kappa shape index (κ1) is 14.8. The third-order valence-electron chi connectivity index (χ3n) is 2.86. The molecule has 0 aliphatic heterocycles. The minimum absolute atomic E-state index is 0.0122. The van der Waals surface area contributed by atoms with Crippen molar-refractivity contribution < 1.29 is 13.9 Å². The van der Waals surface area contributed by atoms with Gasteiger partial charge >= 0.3 is 0 Å². The molecule has 5 heteroatoms. The number of carbonyl (C=O) groups excluding carboxylic acids is 1. The Kier molecular flexibility index (Phi) is 4.77. The van der Waals surface area contributed by atoms with E-state index in [1.807, 2.05) is 13.0 Å². The van der Waals surface area contributed by atoms with Crippen molar-refractivity contribution in [3.8, 4) is 5.75 Å². The number of para-hydroxylation sites is 2. The van der Waals surface area contributed by atoms with Crippen LogP contribution in [0.3, 0.4) is 0 Å². The highest BCUT2D eigenvalue weighted by Crippen LogP contribution is 2.24. The van der Waals surface area contributed by atoms with Gasteiger partial charge < -0.3 is 15.8 Å². The van der Waals surface area contributed by atoms with E-state index in [1.165, 1.54) is 12.1 Å². The molecule has 0 radical (unpaired) electrons. The minimum Gasteiger partial charge on any atom is -0.491 e. The second kappa shape index (κ2) is 6.74. The third-order valence-corrected chi connectivity index (χ3v) is 2.86. The maximum atomic E-state index is 13.4. The molecule has 2 aromatic carbocycles. The number of rotatable bonds is 5. The molecule has 0 fully saturated rings. The predicted octanol–water partition coefficient (Wildman–Crippen LogP) is 3.45. The standard InChI is InChI=1S/C16H17FN2O2/c1-2-9-21-15-6-4-3-5-14(15)19-16(20)11-7-8-13(18)12(17)10-11/h3-8,10H,2,9,18H2,1H3,(H,19,20). The number of hydrogen-bond acceptors (Lipinski definition) is 3. The van der Waals surface area contributed by atoms with Crippen molar-refractivity contribution in [2.24, 2.45) is 0 Å². The minimum atomic E-state index is -0.613. The van der Waals surface area contributed by atoms with Crippen LogP contribution in [-0.4, -0.2) is 12.5 Å². The number of anilines is 2. The zero-order chi connectivity index (χ0) is 15.2. The van der Waals surface area contributed by atoms with E-state index in [0.29, 0.717) is 18.0 Å². The van der Waals surface area contributed by atoms with Gasteiger partial charge in [-0.05, 0) is 36.8 Å². The second-order valence-electron chi connectivity index (χ2n) is 4.54. The summed E-state index contributed by atoms with van der Waals surface area (Å²) in [6, 6.07) is 11.1. The molecular formula is C16H17FN2O2. The van der Waals surface area contributed by atoms with Gasteiger partial charge in [-0.1, -0.05) is 19.1 Å². The highest BCUT2D eigenvalue weighted by atomic mass is 19.1. The molecule has 0 saturated carbocycles. The Morgan fingerprint density at radius 1 is 1.29 bits per heavy atom. The molecule has 0 bridgehead atoms. The van der Waals surface area contributed by atoms with Crippen molar-refractivity contribution in [2.75, 3.05) is 17.7 Å². The Bertz CT molecular complexity index is 644. The summed E-state index contributed by atoms with van der Waals surface area (Å²) in [6.07, 6.45) is 0.867. The van der Waals surface area contributed by atoms with E-state index in [-0.39, 0.29) is 11.3 Å². The van der Waals surface area contributed by atoms with Crippen LogP contribution in [0.1, 0.15) is 23.7 Å². The molecule has 2 aromatic rings. The summed E-state index contributed by atoms with van der Waals surface area (Å²) in [5, 5.41) is 2.71. The van der Waals surface area contributed by atoms with Gasteiger partial charge in [-0.2, -0.15) is 0 Å². The average molecular weight is 288 g/mol. The van der Waals surface area contributed by atoms with E-state index in [4.69, 9.17) is 10.5 Å². The lowest BCUT2D eigenvalue weighted by molar-refractivity contribution is 0.102. The molecule has 1 amide bonds. The first-order valence-electron chi connectivity index (χ1n) is 6.70. The van der Waals surface area contributed by atoms with Crippen LogP contribution < -0.4 is 15.8 Å². The fourth-order valence-electron chi connectivity index (χ4n) is 1.77. The van der Waals surface area contributed by atoms with Crippen LogP contribution in [0.4, 0.5) is 15.8 Å². The first-order valence-corrected chi connectivity index (χ1v) is 6.70. The van der Waals surface area contributed by atoms with Crippen LogP contribution in [0.2, 0.25) is 0 Å². The van der Waals surface area contributed by atoms with Crippen molar-refractivity contribution in [3.05, 3.63) is 53.8 Å². The van der Waals surface area contributed by atoms with Crippen molar-refractivity contribution in [2.45, 2.75) is 13.3 Å². The van der Waals surface area contributed by atoms with E-state index < -0.39 is 11.7 Å². The molecule has 2 rings (SSSR count). The van der Waals surface area contributed by atoms with Gasteiger partial charge in [-0.25, -0.2) is 4.39 Å². The number of amides is 1. The van der Waals surface area contributed by atoms with Gasteiger partial charge in [0, 0.05) is 5.56 Å². The Morgan fingerprint density at radius 3 is 2.76 bits per heavy atom. The molecule has 3 N–H and O–H groups in total. The first-order chi connectivity index (χ1) is 10.1. The lowest BCUT2D eigenvalue weighted by Gasteiger charge is -2.12. The molecule has 0 unspecified atom stereocenters. The summed E-state index contributed by atoms with van der Waals surface area (Å²) >= 11 is 0. The molecule has 0 heterocycles. The largest absolute Gasteiger partial charge is 0.491 e. The number of carbonyl (C=O) groups is 1. The number of nitrogens with one attached hydrogen (secondary N) is 1. The van der Waals surface area contributed by atoms with Gasteiger partial charge in [0.15, 0.2) is 0 Å². The summed E-state index contributed by atoms with van der Waals surface area (Å²) < 4.78 is 19.0. The van der Waals surface area contributed by atoms with E-state index in [0.717, 1.165) is 12.5 Å². The van der Waals surface area contributed by atoms with Crippen molar-refractivity contribution in [3.63, 3.8) is 0 Å². The maximum absolute atomic E-state index is 13.4. The SMILES string of the molecule is CCCOc1ccccc1NC(=O)c1ccc(N)c(F)c1. The molecule has 0 atom stereocenters. The molecule has 0 spiro atoms. The summed E-state index contributed by atoms with van der Waals surface area (Å²) in [5.41, 5.74) is 6.16. The number of nitrogen functional groups attached to an aromatic ring is 1. The number of ether oxygens (including phenoxy) is 1. The maximum Gasteiger partial charge on any atom is 0.255 e. The lowest BCUT2D eigenvalue weighted by Crippen LogP contribution is -2.13. The quantitative estimate of drug-likeness (QED) is 0.828. The van der Waals surface area contributed by atoms with Crippen LogP contribution in [0, 0.1) is 5.82 Å². The topological polar surface area (TPSA) is 64.3 Å². The molecule has 0 aromatic heterocycles. The van der Waals surface area contributed by atoms with Gasteiger partial charge in [0.2, 0.25) is 0 Å². The predicted molar refractivity (Wildman–Crippen MR) is 81.0 cm³/mol. The Morgan fingerprint density at radius 2 is 2.05 bits per heavy atom. The number of halogens is 1. The van der Waals surface area contributed by atoms with E-state index in [2.05, 4.69) is 5.32 Å². The van der Waals surface area contributed by atoms with Crippen LogP contribution in [0.5, 0.6) is 5.75 Å².